The number of anilines is 1. The van der Waals surface area contributed by atoms with Crippen molar-refractivity contribution in [1.29, 1.82) is 0 Å². The van der Waals surface area contributed by atoms with Gasteiger partial charge in [0.05, 0.1) is 17.2 Å². The van der Waals surface area contributed by atoms with Gasteiger partial charge in [0.25, 0.3) is 5.91 Å². The van der Waals surface area contributed by atoms with E-state index in [9.17, 15) is 9.59 Å². The molecule has 3 heterocycles. The summed E-state index contributed by atoms with van der Waals surface area (Å²) in [6.07, 6.45) is 0. The summed E-state index contributed by atoms with van der Waals surface area (Å²) in [5.74, 6) is 0.339. The maximum absolute atomic E-state index is 13.3. The number of rotatable bonds is 7. The van der Waals surface area contributed by atoms with Crippen molar-refractivity contribution < 1.29 is 23.3 Å². The molecular formula is C25H18N2O5S. The number of nitrogens with one attached hydrogen (secondary N) is 1. The highest BCUT2D eigenvalue weighted by molar-refractivity contribution is 7.13. The van der Waals surface area contributed by atoms with E-state index in [1.807, 2.05) is 30.5 Å². The molecule has 0 spiro atoms. The van der Waals surface area contributed by atoms with Crippen LogP contribution >= 0.6 is 11.3 Å². The molecule has 5 rings (SSSR count). The van der Waals surface area contributed by atoms with Crippen LogP contribution in [0.25, 0.3) is 21.6 Å². The molecule has 2 aromatic carbocycles. The van der Waals surface area contributed by atoms with Gasteiger partial charge in [-0.15, -0.1) is 11.3 Å². The largest absolute Gasteiger partial charge is 0.494 e. The lowest BCUT2D eigenvalue weighted by Gasteiger charge is -2.06. The Balaban J connectivity index is 1.48. The zero-order valence-corrected chi connectivity index (χ0v) is 18.3. The fraction of sp³-hybridized carbons (Fsp3) is 0.0800. The van der Waals surface area contributed by atoms with Crippen LogP contribution in [0.3, 0.4) is 0 Å². The molecule has 0 fully saturated rings. The van der Waals surface area contributed by atoms with E-state index in [2.05, 4.69) is 10.5 Å². The summed E-state index contributed by atoms with van der Waals surface area (Å²) in [7, 11) is 0. The molecule has 0 aliphatic heterocycles. The first-order chi connectivity index (χ1) is 16.1. The number of ketones is 1. The lowest BCUT2D eigenvalue weighted by Crippen LogP contribution is -2.14. The first-order valence-electron chi connectivity index (χ1n) is 10.2. The van der Waals surface area contributed by atoms with E-state index in [1.54, 1.807) is 48.5 Å². The SMILES string of the molecule is CCOc1ccc(C(=O)c2oc3ccccc3c2NC(=O)c2cc(-c3cccs3)on2)cc1. The van der Waals surface area contributed by atoms with Crippen LogP contribution in [-0.4, -0.2) is 23.5 Å². The molecule has 0 bridgehead atoms. The number of fused-ring (bicyclic) bond motifs is 1. The number of ether oxygens (including phenoxy) is 1. The number of carbonyl (C=O) groups is 2. The van der Waals surface area contributed by atoms with Gasteiger partial charge in [-0.3, -0.25) is 9.59 Å². The van der Waals surface area contributed by atoms with Crippen LogP contribution in [0.2, 0.25) is 0 Å². The summed E-state index contributed by atoms with van der Waals surface area (Å²) in [5, 5.41) is 9.20. The number of hydrogen-bond acceptors (Lipinski definition) is 7. The number of thiophene rings is 1. The lowest BCUT2D eigenvalue weighted by atomic mass is 10.1. The molecule has 0 aliphatic rings. The second-order valence-electron chi connectivity index (χ2n) is 7.10. The van der Waals surface area contributed by atoms with Crippen molar-refractivity contribution in [3.05, 3.63) is 89.1 Å². The van der Waals surface area contributed by atoms with Gasteiger partial charge in [0, 0.05) is 17.0 Å². The molecule has 0 atom stereocenters. The first-order valence-corrected chi connectivity index (χ1v) is 11.1. The Hall–Kier alpha value is -4.17. The number of carbonyl (C=O) groups excluding carboxylic acids is 2. The zero-order valence-electron chi connectivity index (χ0n) is 17.5. The normalized spacial score (nSPS) is 10.9. The Morgan fingerprint density at radius 2 is 1.88 bits per heavy atom. The first kappa shape index (κ1) is 20.7. The van der Waals surface area contributed by atoms with Gasteiger partial charge < -0.3 is 19.0 Å². The minimum atomic E-state index is -0.506. The van der Waals surface area contributed by atoms with E-state index < -0.39 is 5.91 Å². The van der Waals surface area contributed by atoms with E-state index in [0.717, 1.165) is 4.88 Å². The molecule has 0 radical (unpaired) electrons. The maximum Gasteiger partial charge on any atom is 0.277 e. The number of hydrogen-bond donors (Lipinski definition) is 1. The van der Waals surface area contributed by atoms with Crippen LogP contribution < -0.4 is 10.1 Å². The number of para-hydroxylation sites is 1. The summed E-state index contributed by atoms with van der Waals surface area (Å²) < 4.78 is 16.6. The molecule has 164 valence electrons. The smallest absolute Gasteiger partial charge is 0.277 e. The molecule has 7 nitrogen and oxygen atoms in total. The van der Waals surface area contributed by atoms with Crippen LogP contribution in [0.15, 0.2) is 81.1 Å². The van der Waals surface area contributed by atoms with Crippen LogP contribution in [-0.2, 0) is 0 Å². The predicted octanol–water partition coefficient (Wildman–Crippen LogP) is 6.03. The Kier molecular flexibility index (Phi) is 5.50. The molecule has 5 aromatic rings. The third kappa shape index (κ3) is 4.04. The topological polar surface area (TPSA) is 94.6 Å². The van der Waals surface area contributed by atoms with Gasteiger partial charge in [0.1, 0.15) is 11.3 Å². The molecule has 1 N–H and O–H groups in total. The minimum absolute atomic E-state index is 0.0377. The quantitative estimate of drug-likeness (QED) is 0.299. The molecule has 1 amide bonds. The Morgan fingerprint density at radius 1 is 1.06 bits per heavy atom. The molecule has 8 heteroatoms. The van der Waals surface area contributed by atoms with E-state index in [-0.39, 0.29) is 22.9 Å². The van der Waals surface area contributed by atoms with Gasteiger partial charge in [-0.2, -0.15) is 0 Å². The summed E-state index contributed by atoms with van der Waals surface area (Å²) >= 11 is 1.48. The van der Waals surface area contributed by atoms with Gasteiger partial charge in [-0.05, 0) is 54.8 Å². The van der Waals surface area contributed by atoms with Crippen molar-refractivity contribution in [3.63, 3.8) is 0 Å². The molecule has 0 aliphatic carbocycles. The van der Waals surface area contributed by atoms with E-state index in [0.29, 0.717) is 34.6 Å². The molecule has 0 unspecified atom stereocenters. The molecular weight excluding hydrogens is 440 g/mol. The van der Waals surface area contributed by atoms with Crippen molar-refractivity contribution in [2.75, 3.05) is 11.9 Å². The van der Waals surface area contributed by atoms with Crippen molar-refractivity contribution in [3.8, 4) is 16.4 Å². The highest BCUT2D eigenvalue weighted by atomic mass is 32.1. The third-order valence-electron chi connectivity index (χ3n) is 4.97. The summed E-state index contributed by atoms with van der Waals surface area (Å²) in [4.78, 5) is 27.1. The van der Waals surface area contributed by atoms with Crippen LogP contribution in [0.1, 0.15) is 33.5 Å². The number of furan rings is 1. The van der Waals surface area contributed by atoms with Gasteiger partial charge in [0.2, 0.25) is 5.78 Å². The average Bonchev–Trinajstić information content (AvgIpc) is 3.59. The van der Waals surface area contributed by atoms with Gasteiger partial charge in [0.15, 0.2) is 17.2 Å². The van der Waals surface area contributed by atoms with Crippen molar-refractivity contribution in [2.45, 2.75) is 6.92 Å². The summed E-state index contributed by atoms with van der Waals surface area (Å²) in [5.41, 5.74) is 1.29. The lowest BCUT2D eigenvalue weighted by molar-refractivity contribution is 0.101. The Morgan fingerprint density at radius 3 is 2.64 bits per heavy atom. The zero-order chi connectivity index (χ0) is 22.8. The molecule has 0 saturated carbocycles. The molecule has 3 aromatic heterocycles. The average molecular weight is 458 g/mol. The number of benzene rings is 2. The van der Waals surface area contributed by atoms with E-state index in [4.69, 9.17) is 13.7 Å². The highest BCUT2D eigenvalue weighted by Gasteiger charge is 2.25. The van der Waals surface area contributed by atoms with Crippen molar-refractivity contribution >= 4 is 39.7 Å². The van der Waals surface area contributed by atoms with Crippen LogP contribution in [0, 0.1) is 0 Å². The molecule has 0 saturated heterocycles. The Labute approximate surface area is 192 Å². The number of aromatic nitrogens is 1. The fourth-order valence-electron chi connectivity index (χ4n) is 3.42. The standard InChI is InChI=1S/C25H18N2O5S/c1-2-30-16-11-9-15(10-12-16)23(28)24-22(17-6-3-4-7-19(17)31-24)26-25(29)18-14-20(32-27-18)21-8-5-13-33-21/h3-14H,2H2,1H3,(H,26,29). The maximum atomic E-state index is 13.3. The van der Waals surface area contributed by atoms with Crippen LogP contribution in [0.5, 0.6) is 5.75 Å². The third-order valence-corrected chi connectivity index (χ3v) is 5.86. The van der Waals surface area contributed by atoms with Crippen LogP contribution in [0.4, 0.5) is 5.69 Å². The number of amides is 1. The van der Waals surface area contributed by atoms with E-state index in [1.165, 1.54) is 11.3 Å². The Bertz CT molecular complexity index is 1430. The monoisotopic (exact) mass is 458 g/mol. The number of nitrogens with zero attached hydrogens (tertiary/aromatic N) is 1. The highest BCUT2D eigenvalue weighted by Crippen LogP contribution is 2.33. The van der Waals surface area contributed by atoms with Crippen molar-refractivity contribution in [1.82, 2.24) is 5.16 Å². The van der Waals surface area contributed by atoms with E-state index >= 15 is 0 Å². The second kappa shape index (κ2) is 8.76. The fourth-order valence-corrected chi connectivity index (χ4v) is 4.10. The predicted molar refractivity (Wildman–Crippen MR) is 125 cm³/mol. The second-order valence-corrected chi connectivity index (χ2v) is 8.04. The van der Waals surface area contributed by atoms with Gasteiger partial charge in [-0.25, -0.2) is 0 Å². The van der Waals surface area contributed by atoms with Gasteiger partial charge in [-0.1, -0.05) is 23.4 Å². The van der Waals surface area contributed by atoms with Crippen molar-refractivity contribution in [2.24, 2.45) is 0 Å². The minimum Gasteiger partial charge on any atom is -0.494 e. The summed E-state index contributed by atoms with van der Waals surface area (Å²) in [6.45, 7) is 2.42. The van der Waals surface area contributed by atoms with Gasteiger partial charge >= 0.3 is 0 Å². The molecule has 33 heavy (non-hydrogen) atoms. The summed E-state index contributed by atoms with van der Waals surface area (Å²) in [6, 6.07) is 19.2.